The number of nitrogens with two attached hydrogens (primary N) is 1. The lowest BCUT2D eigenvalue weighted by Gasteiger charge is -2.19. The maximum atomic E-state index is 12.1. The lowest BCUT2D eigenvalue weighted by atomic mass is 10.0. The summed E-state index contributed by atoms with van der Waals surface area (Å²) in [4.78, 5) is 12.1. The van der Waals surface area contributed by atoms with E-state index in [9.17, 15) is 4.79 Å². The Morgan fingerprint density at radius 3 is 2.50 bits per heavy atom. The van der Waals surface area contributed by atoms with Crippen LogP contribution in [0.25, 0.3) is 0 Å². The van der Waals surface area contributed by atoms with Crippen molar-refractivity contribution in [2.45, 2.75) is 44.6 Å². The lowest BCUT2D eigenvalue weighted by Crippen LogP contribution is -2.41. The topological polar surface area (TPSA) is 55.1 Å². The summed E-state index contributed by atoms with van der Waals surface area (Å²) in [6.07, 6.45) is 7.47. The molecule has 0 aromatic heterocycles. The molecule has 4 unspecified atom stereocenters. The molecule has 16 heavy (non-hydrogen) atoms. The van der Waals surface area contributed by atoms with Gasteiger partial charge in [-0.05, 0) is 50.0 Å². The van der Waals surface area contributed by atoms with E-state index in [-0.39, 0.29) is 0 Å². The molecule has 3 aliphatic carbocycles. The van der Waals surface area contributed by atoms with Crippen molar-refractivity contribution in [1.29, 1.82) is 0 Å². The minimum Gasteiger partial charge on any atom is -0.353 e. The van der Waals surface area contributed by atoms with Gasteiger partial charge in [-0.2, -0.15) is 0 Å². The Bertz CT molecular complexity index is 282. The minimum absolute atomic E-state index is 0.333. The third kappa shape index (κ3) is 1.65. The number of nitrogens with one attached hydrogen (secondary N) is 1. The van der Waals surface area contributed by atoms with Gasteiger partial charge in [-0.15, -0.1) is 0 Å². The summed E-state index contributed by atoms with van der Waals surface area (Å²) in [5.74, 6) is 2.70. The third-order valence-corrected chi connectivity index (χ3v) is 5.00. The number of carbonyl (C=O) groups is 1. The van der Waals surface area contributed by atoms with Crippen LogP contribution in [-0.4, -0.2) is 18.5 Å². The second-order valence-corrected chi connectivity index (χ2v) is 5.83. The van der Waals surface area contributed by atoms with Crippen molar-refractivity contribution in [2.24, 2.45) is 29.4 Å². The van der Waals surface area contributed by atoms with Gasteiger partial charge in [0.05, 0.1) is 0 Å². The Morgan fingerprint density at radius 2 is 1.81 bits per heavy atom. The number of fused-ring (bicyclic) bond motifs is 1. The van der Waals surface area contributed by atoms with E-state index in [4.69, 9.17) is 5.73 Å². The second kappa shape index (κ2) is 4.02. The zero-order chi connectivity index (χ0) is 11.1. The molecule has 3 aliphatic rings. The fourth-order valence-electron chi connectivity index (χ4n) is 4.00. The quantitative estimate of drug-likeness (QED) is 0.755. The molecule has 3 nitrogen and oxygen atoms in total. The summed E-state index contributed by atoms with van der Waals surface area (Å²) in [6.45, 7) is 0.725. The average Bonchev–Trinajstić information content (AvgIpc) is 2.71. The van der Waals surface area contributed by atoms with Gasteiger partial charge in [0, 0.05) is 12.0 Å². The highest BCUT2D eigenvalue weighted by atomic mass is 16.2. The fourth-order valence-corrected chi connectivity index (χ4v) is 4.00. The smallest absolute Gasteiger partial charge is 0.223 e. The molecule has 4 atom stereocenters. The van der Waals surface area contributed by atoms with E-state index < -0.39 is 0 Å². The van der Waals surface area contributed by atoms with Crippen molar-refractivity contribution in [2.75, 3.05) is 6.54 Å². The maximum absolute atomic E-state index is 12.1. The standard InChI is InChI=1S/C13H22N2O/c14-7-8-3-1-6-11(8)15-13(16)12-9-4-2-5-10(9)12/h8-12H,1-7,14H2,(H,15,16). The summed E-state index contributed by atoms with van der Waals surface area (Å²) < 4.78 is 0. The molecular weight excluding hydrogens is 200 g/mol. The lowest BCUT2D eigenvalue weighted by molar-refractivity contribution is -0.124. The van der Waals surface area contributed by atoms with Crippen LogP contribution in [0.4, 0.5) is 0 Å². The van der Waals surface area contributed by atoms with Gasteiger partial charge in [0.1, 0.15) is 0 Å². The van der Waals surface area contributed by atoms with Crippen molar-refractivity contribution < 1.29 is 4.79 Å². The van der Waals surface area contributed by atoms with Gasteiger partial charge in [0.2, 0.25) is 5.91 Å². The largest absolute Gasteiger partial charge is 0.353 e. The molecule has 0 bridgehead atoms. The highest BCUT2D eigenvalue weighted by molar-refractivity contribution is 5.82. The van der Waals surface area contributed by atoms with Gasteiger partial charge < -0.3 is 11.1 Å². The first-order valence-electron chi connectivity index (χ1n) is 6.81. The molecule has 0 aliphatic heterocycles. The first-order chi connectivity index (χ1) is 7.81. The molecule has 3 N–H and O–H groups in total. The number of hydrogen-bond donors (Lipinski definition) is 2. The number of rotatable bonds is 3. The number of amides is 1. The molecule has 0 radical (unpaired) electrons. The Labute approximate surface area is 97.2 Å². The molecular formula is C13H22N2O. The van der Waals surface area contributed by atoms with Gasteiger partial charge in [-0.25, -0.2) is 0 Å². The zero-order valence-corrected chi connectivity index (χ0v) is 9.82. The minimum atomic E-state index is 0.333. The van der Waals surface area contributed by atoms with Crippen LogP contribution >= 0.6 is 0 Å². The Kier molecular flexibility index (Phi) is 2.66. The Morgan fingerprint density at radius 1 is 1.12 bits per heavy atom. The highest BCUT2D eigenvalue weighted by Crippen LogP contribution is 2.57. The van der Waals surface area contributed by atoms with E-state index in [1.165, 1.54) is 32.1 Å². The van der Waals surface area contributed by atoms with Crippen molar-refractivity contribution in [1.82, 2.24) is 5.32 Å². The van der Waals surface area contributed by atoms with Crippen LogP contribution in [0, 0.1) is 23.7 Å². The van der Waals surface area contributed by atoms with Crippen LogP contribution in [0.1, 0.15) is 38.5 Å². The number of hydrogen-bond acceptors (Lipinski definition) is 2. The van der Waals surface area contributed by atoms with E-state index >= 15 is 0 Å². The van der Waals surface area contributed by atoms with Gasteiger partial charge in [0.15, 0.2) is 0 Å². The molecule has 1 amide bonds. The molecule has 0 heterocycles. The van der Waals surface area contributed by atoms with E-state index in [0.29, 0.717) is 23.8 Å². The van der Waals surface area contributed by atoms with Gasteiger partial charge in [-0.3, -0.25) is 4.79 Å². The predicted octanol–water partition coefficient (Wildman–Crippen LogP) is 1.28. The zero-order valence-electron chi connectivity index (χ0n) is 9.82. The summed E-state index contributed by atoms with van der Waals surface area (Å²) in [6, 6.07) is 0.374. The van der Waals surface area contributed by atoms with E-state index in [1.807, 2.05) is 0 Å². The first-order valence-corrected chi connectivity index (χ1v) is 6.81. The van der Waals surface area contributed by atoms with Crippen molar-refractivity contribution in [3.05, 3.63) is 0 Å². The SMILES string of the molecule is NCC1CCCC1NC(=O)C1C2CCCC21. The van der Waals surface area contributed by atoms with Crippen LogP contribution < -0.4 is 11.1 Å². The van der Waals surface area contributed by atoms with Crippen LogP contribution in [0.2, 0.25) is 0 Å². The molecule has 3 heteroatoms. The van der Waals surface area contributed by atoms with Crippen LogP contribution in [0.15, 0.2) is 0 Å². The fraction of sp³-hybridized carbons (Fsp3) is 0.923. The van der Waals surface area contributed by atoms with Crippen molar-refractivity contribution in [3.63, 3.8) is 0 Å². The van der Waals surface area contributed by atoms with Crippen molar-refractivity contribution >= 4 is 5.91 Å². The monoisotopic (exact) mass is 222 g/mol. The third-order valence-electron chi connectivity index (χ3n) is 5.00. The maximum Gasteiger partial charge on any atom is 0.223 e. The van der Waals surface area contributed by atoms with E-state index in [1.54, 1.807) is 0 Å². The summed E-state index contributed by atoms with van der Waals surface area (Å²) in [5, 5.41) is 3.25. The molecule has 90 valence electrons. The van der Waals surface area contributed by atoms with Crippen molar-refractivity contribution in [3.8, 4) is 0 Å². The van der Waals surface area contributed by atoms with E-state index in [2.05, 4.69) is 5.32 Å². The second-order valence-electron chi connectivity index (χ2n) is 5.83. The van der Waals surface area contributed by atoms with Crippen LogP contribution in [0.5, 0.6) is 0 Å². The molecule has 0 saturated heterocycles. The summed E-state index contributed by atoms with van der Waals surface area (Å²) in [7, 11) is 0. The van der Waals surface area contributed by atoms with Gasteiger partial charge >= 0.3 is 0 Å². The van der Waals surface area contributed by atoms with Gasteiger partial charge in [0.25, 0.3) is 0 Å². The number of carbonyl (C=O) groups excluding carboxylic acids is 1. The van der Waals surface area contributed by atoms with Crippen LogP contribution in [-0.2, 0) is 4.79 Å². The van der Waals surface area contributed by atoms with E-state index in [0.717, 1.165) is 24.8 Å². The molecule has 0 spiro atoms. The Balaban J connectivity index is 1.53. The summed E-state index contributed by atoms with van der Waals surface area (Å²) in [5.41, 5.74) is 5.73. The molecule has 0 aromatic rings. The summed E-state index contributed by atoms with van der Waals surface area (Å²) >= 11 is 0. The molecule has 0 aromatic carbocycles. The Hall–Kier alpha value is -0.570. The highest BCUT2D eigenvalue weighted by Gasteiger charge is 2.56. The molecule has 3 saturated carbocycles. The normalized spacial score (nSPS) is 45.4. The predicted molar refractivity (Wildman–Crippen MR) is 62.6 cm³/mol. The van der Waals surface area contributed by atoms with Crippen LogP contribution in [0.3, 0.4) is 0 Å². The molecule has 3 fully saturated rings. The van der Waals surface area contributed by atoms with Gasteiger partial charge in [-0.1, -0.05) is 12.8 Å². The average molecular weight is 222 g/mol. The first kappa shape index (κ1) is 10.6. The molecule has 3 rings (SSSR count).